The van der Waals surface area contributed by atoms with Crippen LogP contribution in [-0.4, -0.2) is 69.2 Å². The molecule has 0 bridgehead atoms. The van der Waals surface area contributed by atoms with E-state index in [0.29, 0.717) is 11.8 Å². The van der Waals surface area contributed by atoms with Crippen molar-refractivity contribution in [3.8, 4) is 11.3 Å². The van der Waals surface area contributed by atoms with E-state index in [1.165, 1.54) is 18.4 Å². The van der Waals surface area contributed by atoms with Gasteiger partial charge in [0.05, 0.1) is 11.4 Å². The minimum Gasteiger partial charge on any atom is -0.444 e. The molecule has 4 heterocycles. The lowest BCUT2D eigenvalue weighted by molar-refractivity contribution is 0.0184. The monoisotopic (exact) mass is 546 g/mol. The van der Waals surface area contributed by atoms with Crippen LogP contribution in [0.25, 0.3) is 11.3 Å². The number of carbonyl (C=O) groups excluding carboxylic acids is 2. The number of carbonyl (C=O) groups is 2. The number of anilines is 2. The summed E-state index contributed by atoms with van der Waals surface area (Å²) >= 11 is 0. The lowest BCUT2D eigenvalue weighted by Gasteiger charge is -2.33. The number of ether oxygens (including phenoxy) is 1. The van der Waals surface area contributed by atoms with Crippen LogP contribution in [0.3, 0.4) is 0 Å². The summed E-state index contributed by atoms with van der Waals surface area (Å²) < 4.78 is 7.29. The molecule has 5 rings (SSSR count). The molecule has 2 amide bonds. The Balaban J connectivity index is 1.23. The molecular weight excluding hydrogens is 504 g/mol. The highest BCUT2D eigenvalue weighted by molar-refractivity contribution is 5.82. The third-order valence-corrected chi connectivity index (χ3v) is 7.91. The van der Waals surface area contributed by atoms with Crippen molar-refractivity contribution in [2.75, 3.05) is 32.5 Å². The standard InChI is InChI=1S/C31H42N6O3/c1-31(2,3)40-30(39)36-15-12-21(13-16-36)18-22-10-11-25(32-20-22)33-26-19-24-14-17-37(29(38)35(4)5)28(27(24)34-26)23-8-6-7-9-23/h10-11,14,17,19-21,23H,6-9,12-13,15-16,18H2,1-5H3,(H,32,33,34). The zero-order valence-electron chi connectivity index (χ0n) is 24.4. The van der Waals surface area contributed by atoms with Crippen LogP contribution in [0.2, 0.25) is 0 Å². The summed E-state index contributed by atoms with van der Waals surface area (Å²) in [5, 5.41) is 3.37. The van der Waals surface area contributed by atoms with Gasteiger partial charge in [-0.15, -0.1) is 0 Å². The number of aromatic nitrogens is 3. The first-order valence-corrected chi connectivity index (χ1v) is 14.5. The van der Waals surface area contributed by atoms with Crippen molar-refractivity contribution in [1.29, 1.82) is 0 Å². The van der Waals surface area contributed by atoms with Gasteiger partial charge in [-0.05, 0) is 82.6 Å². The normalized spacial score (nSPS) is 16.9. The first kappa shape index (κ1) is 27.9. The zero-order chi connectivity index (χ0) is 28.4. The highest BCUT2D eigenvalue weighted by Crippen LogP contribution is 2.41. The molecule has 9 heteroatoms. The predicted octanol–water partition coefficient (Wildman–Crippen LogP) is 6.50. The number of pyridine rings is 2. The van der Waals surface area contributed by atoms with Crippen LogP contribution in [0.4, 0.5) is 21.2 Å². The Hall–Kier alpha value is -3.62. The van der Waals surface area contributed by atoms with Crippen LogP contribution < -0.4 is 5.32 Å². The van der Waals surface area contributed by atoms with Gasteiger partial charge in [0.25, 0.3) is 0 Å². The van der Waals surface area contributed by atoms with Gasteiger partial charge in [0.1, 0.15) is 17.2 Å². The molecule has 0 spiro atoms. The zero-order valence-corrected chi connectivity index (χ0v) is 24.4. The van der Waals surface area contributed by atoms with Crippen LogP contribution in [0.15, 0.2) is 36.7 Å². The average Bonchev–Trinajstić information content (AvgIpc) is 3.58. The number of hydrogen-bond donors (Lipinski definition) is 1. The first-order valence-electron chi connectivity index (χ1n) is 14.5. The Kier molecular flexibility index (Phi) is 8.01. The molecular formula is C31H42N6O3. The number of amides is 2. The van der Waals surface area contributed by atoms with Crippen LogP contribution >= 0.6 is 0 Å². The molecule has 0 atom stereocenters. The van der Waals surface area contributed by atoms with E-state index < -0.39 is 5.60 Å². The Bertz CT molecular complexity index is 1300. The van der Waals surface area contributed by atoms with Crippen molar-refractivity contribution in [2.45, 2.75) is 77.2 Å². The number of rotatable bonds is 5. The first-order chi connectivity index (χ1) is 19.1. The van der Waals surface area contributed by atoms with Crippen LogP contribution in [0.1, 0.15) is 76.5 Å². The second-order valence-electron chi connectivity index (χ2n) is 12.5. The summed E-state index contributed by atoms with van der Waals surface area (Å²) in [5.74, 6) is 2.33. The molecule has 0 aromatic carbocycles. The second-order valence-corrected chi connectivity index (χ2v) is 12.5. The van der Waals surface area contributed by atoms with Crippen molar-refractivity contribution in [3.63, 3.8) is 0 Å². The van der Waals surface area contributed by atoms with Crippen molar-refractivity contribution in [1.82, 2.24) is 24.3 Å². The molecule has 40 heavy (non-hydrogen) atoms. The number of fused-ring (bicyclic) bond motifs is 1. The van der Waals surface area contributed by atoms with Gasteiger partial charge in [-0.1, -0.05) is 18.9 Å². The summed E-state index contributed by atoms with van der Waals surface area (Å²) in [7, 11) is 3.57. The molecule has 214 valence electrons. The van der Waals surface area contributed by atoms with E-state index in [1.807, 2.05) is 56.3 Å². The van der Waals surface area contributed by atoms with Crippen molar-refractivity contribution < 1.29 is 14.3 Å². The minimum absolute atomic E-state index is 0.0471. The quantitative estimate of drug-likeness (QED) is 0.393. The average molecular weight is 547 g/mol. The highest BCUT2D eigenvalue weighted by atomic mass is 16.6. The number of nitrogens with zero attached hydrogens (tertiary/aromatic N) is 5. The van der Waals surface area contributed by atoms with Crippen molar-refractivity contribution in [2.24, 2.45) is 5.92 Å². The van der Waals surface area contributed by atoms with Gasteiger partial charge in [-0.25, -0.2) is 19.6 Å². The molecule has 1 aliphatic carbocycles. The van der Waals surface area contributed by atoms with E-state index in [9.17, 15) is 9.59 Å². The maximum Gasteiger partial charge on any atom is 0.410 e. The highest BCUT2D eigenvalue weighted by Gasteiger charge is 2.29. The molecule has 1 saturated heterocycles. The topological polar surface area (TPSA) is 92.6 Å². The second kappa shape index (κ2) is 11.5. The van der Waals surface area contributed by atoms with Crippen LogP contribution in [0, 0.1) is 5.92 Å². The third kappa shape index (κ3) is 6.40. The Morgan fingerprint density at radius 3 is 2.40 bits per heavy atom. The van der Waals surface area contributed by atoms with E-state index in [0.717, 1.165) is 73.8 Å². The van der Waals surface area contributed by atoms with E-state index in [4.69, 9.17) is 9.72 Å². The summed E-state index contributed by atoms with van der Waals surface area (Å²) in [5.41, 5.74) is 3.66. The van der Waals surface area contributed by atoms with Crippen molar-refractivity contribution in [3.05, 3.63) is 47.9 Å². The predicted molar refractivity (Wildman–Crippen MR) is 156 cm³/mol. The summed E-state index contributed by atoms with van der Waals surface area (Å²) in [4.78, 5) is 38.3. The molecule has 1 aromatic heterocycles. The molecule has 2 fully saturated rings. The number of piperidine rings is 1. The van der Waals surface area contributed by atoms with Gasteiger partial charge in [0.15, 0.2) is 0 Å². The Morgan fingerprint density at radius 1 is 1.05 bits per heavy atom. The number of likely N-dealkylation sites (tertiary alicyclic amines) is 1. The molecule has 9 nitrogen and oxygen atoms in total. The number of nitrogens with one attached hydrogen (secondary N) is 1. The fraction of sp³-hybridized carbons (Fsp3) is 0.548. The molecule has 1 saturated carbocycles. The molecule has 0 radical (unpaired) electrons. The van der Waals surface area contributed by atoms with Gasteiger partial charge < -0.3 is 19.9 Å². The van der Waals surface area contributed by atoms with E-state index in [2.05, 4.69) is 16.4 Å². The lowest BCUT2D eigenvalue weighted by atomic mass is 9.91. The molecule has 4 aliphatic rings. The molecule has 3 aliphatic heterocycles. The van der Waals surface area contributed by atoms with Crippen molar-refractivity contribution >= 4 is 23.8 Å². The van der Waals surface area contributed by atoms with E-state index in [1.54, 1.807) is 23.6 Å². The smallest absolute Gasteiger partial charge is 0.410 e. The van der Waals surface area contributed by atoms with Crippen LogP contribution in [-0.2, 0) is 11.2 Å². The van der Waals surface area contributed by atoms with E-state index >= 15 is 0 Å². The van der Waals surface area contributed by atoms with Gasteiger partial charge in [0, 0.05) is 51.1 Å². The SMILES string of the molecule is CN(C)C(=O)n1ccc2cc(Nc3ccc(CC4CCN(C(=O)OC(C)(C)C)CC4)cn3)nc-2c1C1CCCC1. The van der Waals surface area contributed by atoms with Gasteiger partial charge in [-0.3, -0.25) is 4.57 Å². The molecule has 1 N–H and O–H groups in total. The Labute approximate surface area is 237 Å². The molecule has 1 aromatic rings. The molecule has 0 unspecified atom stereocenters. The van der Waals surface area contributed by atoms with Gasteiger partial charge in [-0.2, -0.15) is 0 Å². The maximum atomic E-state index is 12.9. The maximum absolute atomic E-state index is 12.9. The number of hydrogen-bond acceptors (Lipinski definition) is 6. The largest absolute Gasteiger partial charge is 0.444 e. The minimum atomic E-state index is -0.467. The van der Waals surface area contributed by atoms with Gasteiger partial charge >= 0.3 is 12.1 Å². The fourth-order valence-corrected chi connectivity index (χ4v) is 5.88. The van der Waals surface area contributed by atoms with Crippen LogP contribution in [0.5, 0.6) is 0 Å². The summed E-state index contributed by atoms with van der Waals surface area (Å²) in [6.07, 6.45) is 11.0. The summed E-state index contributed by atoms with van der Waals surface area (Å²) in [6.45, 7) is 7.15. The third-order valence-electron chi connectivity index (χ3n) is 7.91. The Morgan fingerprint density at radius 2 is 1.77 bits per heavy atom. The summed E-state index contributed by atoms with van der Waals surface area (Å²) in [6, 6.07) is 8.07. The van der Waals surface area contributed by atoms with Gasteiger partial charge in [0.2, 0.25) is 0 Å². The van der Waals surface area contributed by atoms with E-state index in [-0.39, 0.29) is 12.1 Å². The lowest BCUT2D eigenvalue weighted by Crippen LogP contribution is -2.42. The fourth-order valence-electron chi connectivity index (χ4n) is 5.88.